The lowest BCUT2D eigenvalue weighted by Gasteiger charge is -2.02. The van der Waals surface area contributed by atoms with Crippen LogP contribution in [0.15, 0.2) is 23.2 Å². The molecule has 0 atom stereocenters. The van der Waals surface area contributed by atoms with Crippen molar-refractivity contribution in [3.05, 3.63) is 29.8 Å². The van der Waals surface area contributed by atoms with Crippen LogP contribution in [0.5, 0.6) is 0 Å². The third-order valence-corrected chi connectivity index (χ3v) is 3.28. The summed E-state index contributed by atoms with van der Waals surface area (Å²) in [4.78, 5) is 15.3. The maximum Gasteiger partial charge on any atom is 0.358 e. The Morgan fingerprint density at radius 1 is 1.44 bits per heavy atom. The average molecular weight is 272 g/mol. The monoisotopic (exact) mass is 272 g/mol. The molecular formula is C10H9FN2O4S. The lowest BCUT2D eigenvalue weighted by molar-refractivity contribution is 0.0586. The Bertz CT molecular complexity index is 736. The van der Waals surface area contributed by atoms with Crippen molar-refractivity contribution in [2.45, 2.75) is 5.03 Å². The van der Waals surface area contributed by atoms with E-state index in [0.29, 0.717) is 0 Å². The molecule has 0 amide bonds. The zero-order valence-corrected chi connectivity index (χ0v) is 10.4. The number of hydrogen-bond acceptors (Lipinski definition) is 5. The van der Waals surface area contributed by atoms with Crippen LogP contribution in [0.25, 0.3) is 5.65 Å². The van der Waals surface area contributed by atoms with E-state index in [2.05, 4.69) is 9.72 Å². The van der Waals surface area contributed by atoms with Gasteiger partial charge in [-0.05, 0) is 12.1 Å². The van der Waals surface area contributed by atoms with Gasteiger partial charge < -0.3 is 4.74 Å². The predicted molar refractivity (Wildman–Crippen MR) is 59.6 cm³/mol. The summed E-state index contributed by atoms with van der Waals surface area (Å²) in [5, 5.41) is -0.501. The smallest absolute Gasteiger partial charge is 0.358 e. The maximum absolute atomic E-state index is 13.7. The summed E-state index contributed by atoms with van der Waals surface area (Å²) < 4.78 is 42.0. The van der Waals surface area contributed by atoms with E-state index in [1.54, 1.807) is 0 Å². The molecule has 2 aromatic rings. The molecule has 0 saturated heterocycles. The van der Waals surface area contributed by atoms with Crippen LogP contribution < -0.4 is 0 Å². The first kappa shape index (κ1) is 12.5. The van der Waals surface area contributed by atoms with Crippen molar-refractivity contribution < 1.29 is 22.3 Å². The third kappa shape index (κ3) is 1.84. The quantitative estimate of drug-likeness (QED) is 0.593. The van der Waals surface area contributed by atoms with Gasteiger partial charge in [-0.2, -0.15) is 4.39 Å². The normalized spacial score (nSPS) is 11.7. The molecule has 0 aliphatic heterocycles. The van der Waals surface area contributed by atoms with Crippen LogP contribution in [0.4, 0.5) is 4.39 Å². The van der Waals surface area contributed by atoms with E-state index in [9.17, 15) is 17.6 Å². The molecule has 2 heterocycles. The minimum Gasteiger partial charge on any atom is -0.464 e. The SMILES string of the molecule is COC(=O)c1c(S(C)(=O)=O)nc2cccc(F)n12. The highest BCUT2D eigenvalue weighted by Gasteiger charge is 2.27. The molecule has 0 spiro atoms. The van der Waals surface area contributed by atoms with Gasteiger partial charge in [-0.3, -0.25) is 4.40 Å². The van der Waals surface area contributed by atoms with Crippen LogP contribution in [0.2, 0.25) is 0 Å². The van der Waals surface area contributed by atoms with Gasteiger partial charge >= 0.3 is 5.97 Å². The Kier molecular flexibility index (Phi) is 2.81. The Morgan fingerprint density at radius 2 is 2.11 bits per heavy atom. The zero-order valence-electron chi connectivity index (χ0n) is 9.55. The summed E-state index contributed by atoms with van der Waals surface area (Å²) >= 11 is 0. The minimum atomic E-state index is -3.77. The van der Waals surface area contributed by atoms with Gasteiger partial charge in [0.15, 0.2) is 26.5 Å². The minimum absolute atomic E-state index is 0.0239. The number of esters is 1. The summed E-state index contributed by atoms with van der Waals surface area (Å²) in [6, 6.07) is 3.85. The average Bonchev–Trinajstić information content (AvgIpc) is 2.68. The highest BCUT2D eigenvalue weighted by molar-refractivity contribution is 7.90. The van der Waals surface area contributed by atoms with Gasteiger partial charge in [0.25, 0.3) is 0 Å². The van der Waals surface area contributed by atoms with Crippen LogP contribution in [0.3, 0.4) is 0 Å². The van der Waals surface area contributed by atoms with Gasteiger partial charge in [0.2, 0.25) is 0 Å². The fraction of sp³-hybridized carbons (Fsp3) is 0.200. The van der Waals surface area contributed by atoms with E-state index in [4.69, 9.17) is 0 Å². The van der Waals surface area contributed by atoms with Crippen molar-refractivity contribution in [1.29, 1.82) is 0 Å². The number of rotatable bonds is 2. The molecule has 0 bridgehead atoms. The van der Waals surface area contributed by atoms with E-state index in [-0.39, 0.29) is 5.65 Å². The van der Waals surface area contributed by atoms with E-state index in [1.807, 2.05) is 0 Å². The number of fused-ring (bicyclic) bond motifs is 1. The standard InChI is InChI=1S/C10H9FN2O4S/c1-17-10(14)8-9(18(2,15)16)12-7-5-3-4-6(11)13(7)8/h3-5H,1-2H3. The third-order valence-electron chi connectivity index (χ3n) is 2.29. The number of pyridine rings is 1. The van der Waals surface area contributed by atoms with Crippen LogP contribution in [0, 0.1) is 5.95 Å². The summed E-state index contributed by atoms with van der Waals surface area (Å²) in [7, 11) is -2.69. The van der Waals surface area contributed by atoms with Crippen LogP contribution >= 0.6 is 0 Å². The molecule has 0 aliphatic rings. The molecule has 0 N–H and O–H groups in total. The van der Waals surface area contributed by atoms with E-state index >= 15 is 0 Å². The number of ether oxygens (including phenoxy) is 1. The fourth-order valence-electron chi connectivity index (χ4n) is 1.57. The number of sulfone groups is 1. The second-order valence-electron chi connectivity index (χ2n) is 3.57. The Hall–Kier alpha value is -1.96. The van der Waals surface area contributed by atoms with Gasteiger partial charge in [-0.25, -0.2) is 18.2 Å². The lowest BCUT2D eigenvalue weighted by Crippen LogP contribution is -2.12. The number of methoxy groups -OCH3 is 1. The molecule has 0 saturated carbocycles. The van der Waals surface area contributed by atoms with E-state index < -0.39 is 32.5 Å². The highest BCUT2D eigenvalue weighted by atomic mass is 32.2. The van der Waals surface area contributed by atoms with Gasteiger partial charge in [0.05, 0.1) is 7.11 Å². The number of hydrogen-bond donors (Lipinski definition) is 0. The molecule has 2 aromatic heterocycles. The maximum atomic E-state index is 13.7. The first-order valence-corrected chi connectivity index (χ1v) is 6.70. The molecule has 2 rings (SSSR count). The molecular weight excluding hydrogens is 263 g/mol. The number of halogens is 1. The second kappa shape index (κ2) is 4.05. The largest absolute Gasteiger partial charge is 0.464 e. The number of aromatic nitrogens is 2. The summed E-state index contributed by atoms with van der Waals surface area (Å²) in [5.41, 5.74) is -0.413. The van der Waals surface area contributed by atoms with Crippen molar-refractivity contribution in [1.82, 2.24) is 9.38 Å². The fourth-order valence-corrected chi connectivity index (χ4v) is 2.35. The second-order valence-corrected chi connectivity index (χ2v) is 5.50. The molecule has 0 radical (unpaired) electrons. The van der Waals surface area contributed by atoms with Gasteiger partial charge in [0.1, 0.15) is 5.65 Å². The van der Waals surface area contributed by atoms with Crippen molar-refractivity contribution in [2.75, 3.05) is 13.4 Å². The molecule has 8 heteroatoms. The molecule has 0 aliphatic carbocycles. The van der Waals surface area contributed by atoms with E-state index in [1.165, 1.54) is 12.1 Å². The van der Waals surface area contributed by atoms with Crippen LogP contribution in [0.1, 0.15) is 10.5 Å². The zero-order chi connectivity index (χ0) is 13.5. The molecule has 6 nitrogen and oxygen atoms in total. The van der Waals surface area contributed by atoms with Crippen molar-refractivity contribution in [2.24, 2.45) is 0 Å². The molecule has 18 heavy (non-hydrogen) atoms. The number of nitrogens with zero attached hydrogens (tertiary/aromatic N) is 2. The van der Waals surface area contributed by atoms with Crippen molar-refractivity contribution in [3.63, 3.8) is 0 Å². The van der Waals surface area contributed by atoms with Gasteiger partial charge in [0, 0.05) is 6.26 Å². The van der Waals surface area contributed by atoms with Crippen molar-refractivity contribution in [3.8, 4) is 0 Å². The Morgan fingerprint density at radius 3 is 2.67 bits per heavy atom. The summed E-state index contributed by atoms with van der Waals surface area (Å²) in [6.45, 7) is 0. The first-order valence-electron chi connectivity index (χ1n) is 4.81. The number of imidazole rings is 1. The van der Waals surface area contributed by atoms with Gasteiger partial charge in [-0.1, -0.05) is 6.07 Å². The summed E-state index contributed by atoms with van der Waals surface area (Å²) in [5.74, 6) is -1.76. The predicted octanol–water partition coefficient (Wildman–Crippen LogP) is 0.663. The molecule has 0 aromatic carbocycles. The molecule has 0 fully saturated rings. The highest BCUT2D eigenvalue weighted by Crippen LogP contribution is 2.20. The van der Waals surface area contributed by atoms with Crippen LogP contribution in [-0.2, 0) is 14.6 Å². The first-order chi connectivity index (χ1) is 8.36. The Balaban J connectivity index is 2.96. The summed E-state index contributed by atoms with van der Waals surface area (Å²) in [6.07, 6.45) is 0.888. The number of carbonyl (C=O) groups excluding carboxylic acids is 1. The van der Waals surface area contributed by atoms with E-state index in [0.717, 1.165) is 23.8 Å². The molecule has 0 unspecified atom stereocenters. The topological polar surface area (TPSA) is 77.7 Å². The lowest BCUT2D eigenvalue weighted by atomic mass is 10.4. The van der Waals surface area contributed by atoms with Crippen molar-refractivity contribution >= 4 is 21.5 Å². The van der Waals surface area contributed by atoms with Gasteiger partial charge in [-0.15, -0.1) is 0 Å². The van der Waals surface area contributed by atoms with Crippen LogP contribution in [-0.4, -0.2) is 37.1 Å². The number of carbonyl (C=O) groups is 1. The molecule has 96 valence electrons. The Labute approximate surface area is 102 Å².